The molecular formula is C12H23NO. The van der Waals surface area contributed by atoms with Gasteiger partial charge in [-0.3, -0.25) is 0 Å². The van der Waals surface area contributed by atoms with E-state index in [1.54, 1.807) is 0 Å². The molecule has 0 spiro atoms. The first-order valence-corrected chi connectivity index (χ1v) is 6.23. The molecular weight excluding hydrogens is 174 g/mol. The van der Waals surface area contributed by atoms with Crippen molar-refractivity contribution < 1.29 is 4.74 Å². The van der Waals surface area contributed by atoms with Crippen LogP contribution in [0.25, 0.3) is 0 Å². The number of piperidine rings is 1. The van der Waals surface area contributed by atoms with E-state index in [2.05, 4.69) is 5.32 Å². The summed E-state index contributed by atoms with van der Waals surface area (Å²) in [6.07, 6.45) is 8.27. The molecule has 2 rings (SSSR count). The molecule has 1 saturated carbocycles. The van der Waals surface area contributed by atoms with E-state index in [9.17, 15) is 0 Å². The SMILES string of the molecule is C1CC(COCC[C@@H]2CCCNC2)C1. The van der Waals surface area contributed by atoms with Crippen molar-refractivity contribution >= 4 is 0 Å². The van der Waals surface area contributed by atoms with E-state index in [1.165, 1.54) is 51.6 Å². The van der Waals surface area contributed by atoms with Crippen molar-refractivity contribution in [2.24, 2.45) is 11.8 Å². The highest BCUT2D eigenvalue weighted by Crippen LogP contribution is 2.26. The molecule has 2 heteroatoms. The average Bonchev–Trinajstić information content (AvgIpc) is 2.16. The molecule has 1 aliphatic heterocycles. The maximum atomic E-state index is 5.71. The first-order valence-electron chi connectivity index (χ1n) is 6.23. The summed E-state index contributed by atoms with van der Waals surface area (Å²) in [4.78, 5) is 0. The third-order valence-corrected chi connectivity index (χ3v) is 3.65. The first kappa shape index (κ1) is 10.4. The lowest BCUT2D eigenvalue weighted by atomic mass is 9.86. The van der Waals surface area contributed by atoms with Gasteiger partial charge < -0.3 is 10.1 Å². The molecule has 1 N–H and O–H groups in total. The van der Waals surface area contributed by atoms with Crippen LogP contribution in [0, 0.1) is 11.8 Å². The van der Waals surface area contributed by atoms with Gasteiger partial charge in [0.2, 0.25) is 0 Å². The molecule has 1 heterocycles. The van der Waals surface area contributed by atoms with Gasteiger partial charge in [-0.1, -0.05) is 6.42 Å². The van der Waals surface area contributed by atoms with Gasteiger partial charge in [-0.2, -0.15) is 0 Å². The van der Waals surface area contributed by atoms with Crippen LogP contribution in [0.1, 0.15) is 38.5 Å². The smallest absolute Gasteiger partial charge is 0.0494 e. The number of rotatable bonds is 5. The van der Waals surface area contributed by atoms with Crippen LogP contribution >= 0.6 is 0 Å². The Balaban J connectivity index is 1.45. The second kappa shape index (κ2) is 5.72. The average molecular weight is 197 g/mol. The normalized spacial score (nSPS) is 28.7. The van der Waals surface area contributed by atoms with Crippen LogP contribution in [0.4, 0.5) is 0 Å². The second-order valence-electron chi connectivity index (χ2n) is 4.87. The fourth-order valence-corrected chi connectivity index (χ4v) is 2.33. The Labute approximate surface area is 87.4 Å². The summed E-state index contributed by atoms with van der Waals surface area (Å²) >= 11 is 0. The lowest BCUT2D eigenvalue weighted by Gasteiger charge is -2.26. The maximum absolute atomic E-state index is 5.71. The molecule has 0 radical (unpaired) electrons. The van der Waals surface area contributed by atoms with Crippen molar-refractivity contribution in [3.63, 3.8) is 0 Å². The summed E-state index contributed by atoms with van der Waals surface area (Å²) in [7, 11) is 0. The van der Waals surface area contributed by atoms with Gasteiger partial charge in [0.05, 0.1) is 0 Å². The molecule has 1 atom stereocenters. The third kappa shape index (κ3) is 3.25. The van der Waals surface area contributed by atoms with Crippen LogP contribution in [0.15, 0.2) is 0 Å². The van der Waals surface area contributed by atoms with Crippen LogP contribution < -0.4 is 5.32 Å². The number of nitrogens with one attached hydrogen (secondary N) is 1. The van der Waals surface area contributed by atoms with Gasteiger partial charge in [0, 0.05) is 13.2 Å². The Kier molecular flexibility index (Phi) is 4.26. The summed E-state index contributed by atoms with van der Waals surface area (Å²) in [6, 6.07) is 0. The standard InChI is InChI=1S/C12H23NO/c1-3-12(4-1)10-14-8-6-11-5-2-7-13-9-11/h11-13H,1-10H2/t11-/m0/s1. The summed E-state index contributed by atoms with van der Waals surface area (Å²) in [5.41, 5.74) is 0. The van der Waals surface area contributed by atoms with E-state index in [0.29, 0.717) is 0 Å². The minimum absolute atomic E-state index is 0.880. The Morgan fingerprint density at radius 3 is 2.57 bits per heavy atom. The van der Waals surface area contributed by atoms with Gasteiger partial charge >= 0.3 is 0 Å². The topological polar surface area (TPSA) is 21.3 Å². The Morgan fingerprint density at radius 2 is 1.93 bits per heavy atom. The Morgan fingerprint density at radius 1 is 1.07 bits per heavy atom. The molecule has 1 saturated heterocycles. The zero-order chi connectivity index (χ0) is 9.64. The van der Waals surface area contributed by atoms with Gasteiger partial charge in [0.15, 0.2) is 0 Å². The summed E-state index contributed by atoms with van der Waals surface area (Å²) in [5.74, 6) is 1.78. The minimum atomic E-state index is 0.880. The van der Waals surface area contributed by atoms with Crippen LogP contribution in [0.2, 0.25) is 0 Å². The van der Waals surface area contributed by atoms with E-state index in [-0.39, 0.29) is 0 Å². The van der Waals surface area contributed by atoms with Gasteiger partial charge in [-0.25, -0.2) is 0 Å². The lowest BCUT2D eigenvalue weighted by Crippen LogP contribution is -2.30. The molecule has 2 nitrogen and oxygen atoms in total. The molecule has 1 aliphatic carbocycles. The van der Waals surface area contributed by atoms with Crippen LogP contribution in [0.5, 0.6) is 0 Å². The molecule has 0 aromatic rings. The largest absolute Gasteiger partial charge is 0.381 e. The van der Waals surface area contributed by atoms with E-state index in [4.69, 9.17) is 4.74 Å². The molecule has 82 valence electrons. The Hall–Kier alpha value is -0.0800. The fourth-order valence-electron chi connectivity index (χ4n) is 2.33. The van der Waals surface area contributed by atoms with Gasteiger partial charge in [0.1, 0.15) is 0 Å². The maximum Gasteiger partial charge on any atom is 0.0494 e. The lowest BCUT2D eigenvalue weighted by molar-refractivity contribution is 0.0603. The van der Waals surface area contributed by atoms with Gasteiger partial charge in [0.25, 0.3) is 0 Å². The molecule has 0 unspecified atom stereocenters. The monoisotopic (exact) mass is 197 g/mol. The zero-order valence-electron chi connectivity index (χ0n) is 9.13. The van der Waals surface area contributed by atoms with E-state index in [0.717, 1.165) is 25.0 Å². The highest BCUT2D eigenvalue weighted by Gasteiger charge is 2.17. The van der Waals surface area contributed by atoms with Crippen molar-refractivity contribution in [3.8, 4) is 0 Å². The number of hydrogen-bond donors (Lipinski definition) is 1. The number of hydrogen-bond acceptors (Lipinski definition) is 2. The second-order valence-corrected chi connectivity index (χ2v) is 4.87. The van der Waals surface area contributed by atoms with E-state index in [1.807, 2.05) is 0 Å². The molecule has 0 bridgehead atoms. The summed E-state index contributed by atoms with van der Waals surface area (Å²) < 4.78 is 5.71. The van der Waals surface area contributed by atoms with Crippen LogP contribution in [-0.4, -0.2) is 26.3 Å². The summed E-state index contributed by atoms with van der Waals surface area (Å²) in [5, 5.41) is 3.45. The Bertz CT molecular complexity index is 150. The molecule has 0 amide bonds. The van der Waals surface area contributed by atoms with E-state index >= 15 is 0 Å². The highest BCUT2D eigenvalue weighted by molar-refractivity contribution is 4.70. The molecule has 0 aromatic heterocycles. The molecule has 2 aliphatic rings. The molecule has 14 heavy (non-hydrogen) atoms. The van der Waals surface area contributed by atoms with Crippen molar-refractivity contribution in [1.29, 1.82) is 0 Å². The quantitative estimate of drug-likeness (QED) is 0.682. The first-order chi connectivity index (χ1) is 6.95. The zero-order valence-corrected chi connectivity index (χ0v) is 9.13. The van der Waals surface area contributed by atoms with Gasteiger partial charge in [-0.15, -0.1) is 0 Å². The van der Waals surface area contributed by atoms with Gasteiger partial charge in [-0.05, 0) is 57.0 Å². The van der Waals surface area contributed by atoms with Crippen molar-refractivity contribution in [2.45, 2.75) is 38.5 Å². The minimum Gasteiger partial charge on any atom is -0.381 e. The highest BCUT2D eigenvalue weighted by atomic mass is 16.5. The molecule has 0 aromatic carbocycles. The van der Waals surface area contributed by atoms with Crippen molar-refractivity contribution in [3.05, 3.63) is 0 Å². The predicted octanol–water partition coefficient (Wildman–Crippen LogP) is 2.19. The number of ether oxygens (including phenoxy) is 1. The summed E-state index contributed by atoms with van der Waals surface area (Å²) in [6.45, 7) is 4.45. The van der Waals surface area contributed by atoms with Crippen LogP contribution in [-0.2, 0) is 4.74 Å². The van der Waals surface area contributed by atoms with Crippen molar-refractivity contribution in [2.75, 3.05) is 26.3 Å². The third-order valence-electron chi connectivity index (χ3n) is 3.65. The van der Waals surface area contributed by atoms with Crippen LogP contribution in [0.3, 0.4) is 0 Å². The predicted molar refractivity (Wildman–Crippen MR) is 58.4 cm³/mol. The molecule has 2 fully saturated rings. The van der Waals surface area contributed by atoms with E-state index < -0.39 is 0 Å². The fraction of sp³-hybridized carbons (Fsp3) is 1.00. The van der Waals surface area contributed by atoms with Crippen molar-refractivity contribution in [1.82, 2.24) is 5.32 Å².